The molecular weight excluding hydrogens is 374 g/mol. The Morgan fingerprint density at radius 2 is 1.33 bits per heavy atom. The Balaban J connectivity index is 0.000000271. The lowest BCUT2D eigenvalue weighted by molar-refractivity contribution is -0.385. The first-order chi connectivity index (χ1) is 12.6. The van der Waals surface area contributed by atoms with Crippen molar-refractivity contribution in [3.8, 4) is 0 Å². The van der Waals surface area contributed by atoms with Crippen LogP contribution < -0.4 is 0 Å². The van der Waals surface area contributed by atoms with Crippen LogP contribution in [0.3, 0.4) is 0 Å². The molecule has 0 amide bonds. The Hall–Kier alpha value is -3.96. The number of halogens is 2. The Morgan fingerprint density at radius 1 is 0.926 bits per heavy atom. The number of nitro benzene ring substituents is 2. The third-order valence-corrected chi connectivity index (χ3v) is 2.95. The van der Waals surface area contributed by atoms with Crippen LogP contribution in [0.4, 0.5) is 20.2 Å². The van der Waals surface area contributed by atoms with Gasteiger partial charge in [0, 0.05) is 12.1 Å². The van der Waals surface area contributed by atoms with E-state index in [4.69, 9.17) is 5.11 Å². The molecule has 142 valence electrons. The van der Waals surface area contributed by atoms with Crippen LogP contribution in [0.2, 0.25) is 0 Å². The molecule has 2 aromatic carbocycles. The third-order valence-electron chi connectivity index (χ3n) is 2.95. The molecule has 0 bridgehead atoms. The largest absolute Gasteiger partial charge is 0.477 e. The van der Waals surface area contributed by atoms with Gasteiger partial charge in [0.05, 0.1) is 17.0 Å². The number of carboxylic acids is 1. The van der Waals surface area contributed by atoms with E-state index in [9.17, 15) is 38.6 Å². The van der Waals surface area contributed by atoms with Gasteiger partial charge >= 0.3 is 11.9 Å². The Kier molecular flexibility index (Phi) is 6.98. The molecule has 0 aliphatic rings. The first kappa shape index (κ1) is 21.1. The van der Waals surface area contributed by atoms with E-state index in [0.29, 0.717) is 6.07 Å². The number of nitrogens with zero attached hydrogens (tertiary/aromatic N) is 2. The summed E-state index contributed by atoms with van der Waals surface area (Å²) in [4.78, 5) is 40.4. The van der Waals surface area contributed by atoms with E-state index in [1.165, 1.54) is 0 Å². The fourth-order valence-electron chi connectivity index (χ4n) is 1.78. The summed E-state index contributed by atoms with van der Waals surface area (Å²) >= 11 is 0. The third kappa shape index (κ3) is 5.52. The zero-order valence-corrected chi connectivity index (χ0v) is 13.4. The minimum absolute atomic E-state index is 0.391. The van der Waals surface area contributed by atoms with Gasteiger partial charge in [0.2, 0.25) is 0 Å². The highest BCUT2D eigenvalue weighted by Gasteiger charge is 2.21. The van der Waals surface area contributed by atoms with Crippen molar-refractivity contribution in [1.82, 2.24) is 0 Å². The van der Waals surface area contributed by atoms with Crippen LogP contribution in [0.1, 0.15) is 20.7 Å². The van der Waals surface area contributed by atoms with E-state index in [2.05, 4.69) is 4.74 Å². The summed E-state index contributed by atoms with van der Waals surface area (Å²) in [7, 11) is 1.07. The highest BCUT2D eigenvalue weighted by Crippen LogP contribution is 2.20. The molecule has 2 rings (SSSR count). The molecule has 0 aromatic heterocycles. The number of carbonyl (C=O) groups is 2. The molecule has 27 heavy (non-hydrogen) atoms. The Morgan fingerprint density at radius 3 is 1.70 bits per heavy atom. The van der Waals surface area contributed by atoms with E-state index in [1.54, 1.807) is 0 Å². The van der Waals surface area contributed by atoms with Crippen LogP contribution in [0.15, 0.2) is 36.4 Å². The second-order valence-electron chi connectivity index (χ2n) is 4.63. The maximum absolute atomic E-state index is 12.7. The zero-order valence-electron chi connectivity index (χ0n) is 13.4. The molecule has 1 N–H and O–H groups in total. The zero-order chi connectivity index (χ0) is 20.7. The number of ether oxygens (including phenoxy) is 1. The predicted octanol–water partition coefficient (Wildman–Crippen LogP) is 2.95. The van der Waals surface area contributed by atoms with Crippen molar-refractivity contribution < 1.29 is 38.1 Å². The van der Waals surface area contributed by atoms with Crippen molar-refractivity contribution in [3.63, 3.8) is 0 Å². The SMILES string of the molecule is COC(=O)c1cc(F)ccc1[N+](=O)[O-].O=C(O)c1cc(F)ccc1[N+](=O)[O-]. The molecular formula is C15H10F2N2O8. The van der Waals surface area contributed by atoms with Gasteiger partial charge in [-0.3, -0.25) is 20.2 Å². The van der Waals surface area contributed by atoms with Gasteiger partial charge in [0.15, 0.2) is 0 Å². The average molecular weight is 384 g/mol. The van der Waals surface area contributed by atoms with E-state index < -0.39 is 55.9 Å². The number of benzene rings is 2. The summed E-state index contributed by atoms with van der Waals surface area (Å²) in [6, 6.07) is 4.86. The number of aromatic carboxylic acids is 1. The Bertz CT molecular complexity index is 917. The minimum Gasteiger partial charge on any atom is -0.477 e. The predicted molar refractivity (Wildman–Crippen MR) is 84.4 cm³/mol. The number of nitro groups is 2. The number of esters is 1. The van der Waals surface area contributed by atoms with E-state index in [1.807, 2.05) is 0 Å². The van der Waals surface area contributed by atoms with Crippen LogP contribution in [0.25, 0.3) is 0 Å². The summed E-state index contributed by atoms with van der Waals surface area (Å²) in [6.07, 6.45) is 0. The van der Waals surface area contributed by atoms with Crippen LogP contribution in [0.5, 0.6) is 0 Å². The summed E-state index contributed by atoms with van der Waals surface area (Å²) in [6.45, 7) is 0. The number of methoxy groups -OCH3 is 1. The second-order valence-corrected chi connectivity index (χ2v) is 4.63. The van der Waals surface area contributed by atoms with E-state index >= 15 is 0 Å². The molecule has 0 fully saturated rings. The summed E-state index contributed by atoms with van der Waals surface area (Å²) in [5, 5.41) is 29.2. The van der Waals surface area contributed by atoms with Crippen molar-refractivity contribution in [1.29, 1.82) is 0 Å². The van der Waals surface area contributed by atoms with Gasteiger partial charge in [-0.15, -0.1) is 0 Å². The molecule has 10 nitrogen and oxygen atoms in total. The number of carbonyl (C=O) groups excluding carboxylic acids is 1. The number of rotatable bonds is 4. The average Bonchev–Trinajstić information content (AvgIpc) is 2.60. The van der Waals surface area contributed by atoms with Gasteiger partial charge in [0.25, 0.3) is 11.4 Å². The van der Waals surface area contributed by atoms with Crippen LogP contribution in [0, 0.1) is 31.9 Å². The second kappa shape index (κ2) is 8.94. The summed E-state index contributed by atoms with van der Waals surface area (Å²) < 4.78 is 29.4. The van der Waals surface area contributed by atoms with Crippen molar-refractivity contribution in [2.24, 2.45) is 0 Å². The normalized spacial score (nSPS) is 9.59. The maximum atomic E-state index is 12.7. The summed E-state index contributed by atoms with van der Waals surface area (Å²) in [5.41, 5.74) is -2.13. The number of hydrogen-bond donors (Lipinski definition) is 1. The first-order valence-corrected chi connectivity index (χ1v) is 6.78. The van der Waals surface area contributed by atoms with E-state index in [0.717, 1.165) is 37.4 Å². The number of hydrogen-bond acceptors (Lipinski definition) is 7. The monoisotopic (exact) mass is 384 g/mol. The Labute approximate surface area is 148 Å². The van der Waals surface area contributed by atoms with Gasteiger partial charge in [0.1, 0.15) is 22.8 Å². The first-order valence-electron chi connectivity index (χ1n) is 6.78. The van der Waals surface area contributed by atoms with Crippen LogP contribution >= 0.6 is 0 Å². The van der Waals surface area contributed by atoms with Gasteiger partial charge in [-0.2, -0.15) is 0 Å². The highest BCUT2D eigenvalue weighted by atomic mass is 19.1. The molecule has 0 aliphatic heterocycles. The number of carboxylic acid groups (broad SMARTS) is 1. The molecule has 2 aromatic rings. The molecule has 0 aliphatic carbocycles. The molecule has 0 unspecified atom stereocenters. The van der Waals surface area contributed by atoms with E-state index in [-0.39, 0.29) is 0 Å². The highest BCUT2D eigenvalue weighted by molar-refractivity contribution is 5.93. The van der Waals surface area contributed by atoms with Crippen molar-refractivity contribution >= 4 is 23.3 Å². The standard InChI is InChI=1S/C8H6FNO4.C7H4FNO4/c1-14-8(11)6-4-5(9)2-3-7(6)10(12)13;8-4-1-2-6(9(12)13)5(3-4)7(10)11/h2-4H,1H3;1-3H,(H,10,11). The van der Waals surface area contributed by atoms with Crippen molar-refractivity contribution in [2.45, 2.75) is 0 Å². The lowest BCUT2D eigenvalue weighted by atomic mass is 10.2. The van der Waals surface area contributed by atoms with Crippen LogP contribution in [-0.4, -0.2) is 34.0 Å². The quantitative estimate of drug-likeness (QED) is 0.480. The van der Waals surface area contributed by atoms with Crippen molar-refractivity contribution in [3.05, 3.63) is 79.4 Å². The fraction of sp³-hybridized carbons (Fsp3) is 0.0667. The van der Waals surface area contributed by atoms with Gasteiger partial charge in [-0.1, -0.05) is 0 Å². The minimum atomic E-state index is -1.52. The van der Waals surface area contributed by atoms with Gasteiger partial charge in [-0.25, -0.2) is 18.4 Å². The molecule has 0 atom stereocenters. The molecule has 0 spiro atoms. The fourth-order valence-corrected chi connectivity index (χ4v) is 1.78. The molecule has 0 radical (unpaired) electrons. The molecule has 0 saturated carbocycles. The van der Waals surface area contributed by atoms with Gasteiger partial charge < -0.3 is 9.84 Å². The van der Waals surface area contributed by atoms with Crippen molar-refractivity contribution in [2.75, 3.05) is 7.11 Å². The summed E-state index contributed by atoms with van der Waals surface area (Å²) in [5.74, 6) is -4.00. The lowest BCUT2D eigenvalue weighted by Gasteiger charge is -2.00. The van der Waals surface area contributed by atoms with Gasteiger partial charge in [-0.05, 0) is 24.3 Å². The molecule has 0 heterocycles. The topological polar surface area (TPSA) is 150 Å². The van der Waals surface area contributed by atoms with Crippen LogP contribution in [-0.2, 0) is 4.74 Å². The molecule has 12 heteroatoms. The smallest absolute Gasteiger partial charge is 0.344 e. The maximum Gasteiger partial charge on any atom is 0.344 e. The lowest BCUT2D eigenvalue weighted by Crippen LogP contribution is -2.06. The molecule has 0 saturated heterocycles.